The molecule has 156 valence electrons. The molecule has 2 aromatic rings. The van der Waals surface area contributed by atoms with Crippen molar-refractivity contribution in [2.75, 3.05) is 5.32 Å². The van der Waals surface area contributed by atoms with Gasteiger partial charge in [0, 0.05) is 17.0 Å². The van der Waals surface area contributed by atoms with Gasteiger partial charge >= 0.3 is 0 Å². The molecule has 0 saturated heterocycles. The highest BCUT2D eigenvalue weighted by atomic mass is 16.2. The lowest BCUT2D eigenvalue weighted by Gasteiger charge is -2.34. The van der Waals surface area contributed by atoms with Crippen molar-refractivity contribution in [2.45, 2.75) is 78.3 Å². The molecule has 1 aliphatic rings. The second-order valence-corrected chi connectivity index (χ2v) is 8.99. The second kappa shape index (κ2) is 8.01. The topological polar surface area (TPSA) is 76.0 Å². The van der Waals surface area contributed by atoms with E-state index in [0.29, 0.717) is 5.56 Å². The zero-order chi connectivity index (χ0) is 21.3. The van der Waals surface area contributed by atoms with Crippen molar-refractivity contribution in [2.24, 2.45) is 0 Å². The minimum absolute atomic E-state index is 0.0939. The second-order valence-electron chi connectivity index (χ2n) is 8.99. The van der Waals surface area contributed by atoms with E-state index in [4.69, 9.17) is 5.10 Å². The van der Waals surface area contributed by atoms with Crippen LogP contribution in [0.15, 0.2) is 24.3 Å². The summed E-state index contributed by atoms with van der Waals surface area (Å²) >= 11 is 0. The molecule has 0 saturated carbocycles. The molecule has 0 unspecified atom stereocenters. The predicted octanol–water partition coefficient (Wildman–Crippen LogP) is 4.28. The summed E-state index contributed by atoms with van der Waals surface area (Å²) < 4.78 is 1.90. The minimum atomic E-state index is -0.613. The molecule has 0 aliphatic carbocycles. The number of benzene rings is 1. The number of hydrogen-bond acceptors (Lipinski definition) is 3. The minimum Gasteiger partial charge on any atom is -0.340 e. The normalized spacial score (nSPS) is 18.9. The molecule has 1 aliphatic heterocycles. The monoisotopic (exact) mass is 396 g/mol. The third kappa shape index (κ3) is 4.21. The van der Waals surface area contributed by atoms with Crippen LogP contribution in [0.4, 0.5) is 5.82 Å². The van der Waals surface area contributed by atoms with Gasteiger partial charge in [-0.1, -0.05) is 37.5 Å². The lowest BCUT2D eigenvalue weighted by molar-refractivity contribution is -0.119. The van der Waals surface area contributed by atoms with Gasteiger partial charge in [0.15, 0.2) is 0 Å². The number of carbonyl (C=O) groups excluding carboxylic acids is 2. The molecule has 29 heavy (non-hydrogen) atoms. The van der Waals surface area contributed by atoms with Crippen LogP contribution in [0.5, 0.6) is 0 Å². The summed E-state index contributed by atoms with van der Waals surface area (Å²) in [6, 6.07) is 6.81. The fraction of sp³-hybridized carbons (Fsp3) is 0.522. The van der Waals surface area contributed by atoms with Crippen molar-refractivity contribution in [3.8, 4) is 0 Å². The zero-order valence-electron chi connectivity index (χ0n) is 18.3. The number of unbranched alkanes of at least 4 members (excludes halogenated alkanes) is 1. The van der Waals surface area contributed by atoms with Gasteiger partial charge in [0.25, 0.3) is 5.91 Å². The van der Waals surface area contributed by atoms with E-state index in [0.717, 1.165) is 41.9 Å². The van der Waals surface area contributed by atoms with E-state index >= 15 is 0 Å². The van der Waals surface area contributed by atoms with Gasteiger partial charge in [0.05, 0.1) is 11.2 Å². The maximum atomic E-state index is 13.1. The first-order valence-electron chi connectivity index (χ1n) is 10.4. The van der Waals surface area contributed by atoms with Crippen molar-refractivity contribution in [1.82, 2.24) is 15.1 Å². The van der Waals surface area contributed by atoms with Crippen LogP contribution in [0.1, 0.15) is 80.1 Å². The van der Waals surface area contributed by atoms with Gasteiger partial charge in [-0.15, -0.1) is 0 Å². The van der Waals surface area contributed by atoms with Crippen LogP contribution >= 0.6 is 0 Å². The van der Waals surface area contributed by atoms with Gasteiger partial charge in [-0.3, -0.25) is 9.59 Å². The Morgan fingerprint density at radius 3 is 2.62 bits per heavy atom. The summed E-state index contributed by atoms with van der Waals surface area (Å²) in [5.74, 6) is 0.274. The van der Waals surface area contributed by atoms with Crippen LogP contribution in [-0.4, -0.2) is 27.6 Å². The molecular weight excluding hydrogens is 364 g/mol. The van der Waals surface area contributed by atoms with Gasteiger partial charge in [0.2, 0.25) is 5.91 Å². The Balaban J connectivity index is 1.98. The van der Waals surface area contributed by atoms with E-state index < -0.39 is 6.04 Å². The first-order valence-corrected chi connectivity index (χ1v) is 10.4. The number of carbonyl (C=O) groups is 2. The predicted molar refractivity (Wildman–Crippen MR) is 115 cm³/mol. The molecule has 0 radical (unpaired) electrons. The van der Waals surface area contributed by atoms with Crippen LogP contribution in [0, 0.1) is 13.8 Å². The number of anilines is 1. The highest BCUT2D eigenvalue weighted by Crippen LogP contribution is 2.40. The summed E-state index contributed by atoms with van der Waals surface area (Å²) in [7, 11) is 0. The van der Waals surface area contributed by atoms with Crippen LogP contribution in [-0.2, 0) is 10.3 Å². The quantitative estimate of drug-likeness (QED) is 0.792. The summed E-state index contributed by atoms with van der Waals surface area (Å²) in [6.45, 7) is 12.3. The average molecular weight is 397 g/mol. The van der Waals surface area contributed by atoms with E-state index in [9.17, 15) is 9.59 Å². The summed E-state index contributed by atoms with van der Waals surface area (Å²) in [5.41, 5.74) is 3.28. The molecule has 6 heteroatoms. The van der Waals surface area contributed by atoms with Gasteiger partial charge in [-0.2, -0.15) is 5.10 Å². The molecule has 0 spiro atoms. The number of amides is 2. The maximum absolute atomic E-state index is 13.1. The highest BCUT2D eigenvalue weighted by Gasteiger charge is 2.41. The first-order chi connectivity index (χ1) is 13.6. The number of nitrogens with zero attached hydrogens (tertiary/aromatic N) is 2. The molecule has 0 fully saturated rings. The summed E-state index contributed by atoms with van der Waals surface area (Å²) in [4.78, 5) is 26.0. The Morgan fingerprint density at radius 1 is 1.28 bits per heavy atom. The van der Waals surface area contributed by atoms with Crippen molar-refractivity contribution < 1.29 is 9.59 Å². The smallest absolute Gasteiger partial charge is 0.251 e. The Hall–Kier alpha value is -2.63. The summed E-state index contributed by atoms with van der Waals surface area (Å²) in [5, 5.41) is 10.8. The van der Waals surface area contributed by atoms with Gasteiger partial charge in [-0.05, 0) is 53.2 Å². The molecule has 2 amide bonds. The SMILES string of the molecule is CCCC[C@H]1c2c(C)nn(C(C)(C)C)c2NC(=O)[C@@H]1NC(=O)c1cccc(C)c1. The van der Waals surface area contributed by atoms with Crippen LogP contribution in [0.3, 0.4) is 0 Å². The molecule has 2 heterocycles. The van der Waals surface area contributed by atoms with Gasteiger partial charge in [-0.25, -0.2) is 4.68 Å². The first kappa shape index (κ1) is 21.1. The Bertz CT molecular complexity index is 923. The van der Waals surface area contributed by atoms with Gasteiger partial charge in [0.1, 0.15) is 11.9 Å². The van der Waals surface area contributed by atoms with Crippen molar-refractivity contribution in [1.29, 1.82) is 0 Å². The van der Waals surface area contributed by atoms with Gasteiger partial charge < -0.3 is 10.6 Å². The molecule has 2 atom stereocenters. The van der Waals surface area contributed by atoms with Crippen LogP contribution in [0.25, 0.3) is 0 Å². The standard InChI is InChI=1S/C23H32N4O2/c1-7-8-12-17-18-15(3)26-27(23(4,5)6)20(18)25-22(29)19(17)24-21(28)16-11-9-10-14(2)13-16/h9-11,13,17,19H,7-8,12H2,1-6H3,(H,24,28)(H,25,29)/t17-,19+/m0/s1. The van der Waals surface area contributed by atoms with Crippen molar-refractivity contribution >= 4 is 17.6 Å². The third-order valence-corrected chi connectivity index (χ3v) is 5.47. The molecule has 1 aromatic carbocycles. The van der Waals surface area contributed by atoms with E-state index in [1.807, 2.05) is 36.7 Å². The average Bonchev–Trinajstić information content (AvgIpc) is 2.98. The summed E-state index contributed by atoms with van der Waals surface area (Å²) in [6.07, 6.45) is 2.83. The molecule has 3 rings (SSSR count). The fourth-order valence-corrected chi connectivity index (χ4v) is 4.04. The Labute approximate surface area is 173 Å². The third-order valence-electron chi connectivity index (χ3n) is 5.47. The van der Waals surface area contributed by atoms with Crippen molar-refractivity contribution in [3.63, 3.8) is 0 Å². The molecule has 0 bridgehead atoms. The lowest BCUT2D eigenvalue weighted by Crippen LogP contribution is -2.50. The van der Waals surface area contributed by atoms with Crippen LogP contribution in [0.2, 0.25) is 0 Å². The number of aryl methyl sites for hydroxylation is 2. The van der Waals surface area contributed by atoms with Crippen LogP contribution < -0.4 is 10.6 Å². The maximum Gasteiger partial charge on any atom is 0.251 e. The Morgan fingerprint density at radius 2 is 2.00 bits per heavy atom. The number of nitrogens with one attached hydrogen (secondary N) is 2. The zero-order valence-corrected chi connectivity index (χ0v) is 18.3. The molecule has 2 N–H and O–H groups in total. The number of hydrogen-bond donors (Lipinski definition) is 2. The largest absolute Gasteiger partial charge is 0.340 e. The Kier molecular flexibility index (Phi) is 5.82. The van der Waals surface area contributed by atoms with E-state index in [2.05, 4.69) is 38.3 Å². The fourth-order valence-electron chi connectivity index (χ4n) is 4.04. The van der Waals surface area contributed by atoms with E-state index in [-0.39, 0.29) is 23.3 Å². The highest BCUT2D eigenvalue weighted by molar-refractivity contribution is 6.03. The molecule has 6 nitrogen and oxygen atoms in total. The van der Waals surface area contributed by atoms with E-state index in [1.54, 1.807) is 6.07 Å². The van der Waals surface area contributed by atoms with Crippen molar-refractivity contribution in [3.05, 3.63) is 46.6 Å². The number of aromatic nitrogens is 2. The molecular formula is C23H32N4O2. The number of fused-ring (bicyclic) bond motifs is 1. The number of rotatable bonds is 5. The van der Waals surface area contributed by atoms with E-state index in [1.165, 1.54) is 0 Å². The lowest BCUT2D eigenvalue weighted by atomic mass is 9.83. The molecule has 1 aromatic heterocycles.